The van der Waals surface area contributed by atoms with Crippen molar-refractivity contribution in [1.29, 1.82) is 0 Å². The minimum atomic E-state index is -0.0720. The fourth-order valence-electron chi connectivity index (χ4n) is 2.80. The van der Waals surface area contributed by atoms with E-state index in [-0.39, 0.29) is 5.78 Å². The van der Waals surface area contributed by atoms with Crippen molar-refractivity contribution in [1.82, 2.24) is 0 Å². The fraction of sp³-hybridized carbons (Fsp3) is 0.895. The first-order valence-corrected chi connectivity index (χ1v) is 9.51. The largest absolute Gasteiger partial charge is 0.361 e. The van der Waals surface area contributed by atoms with E-state index in [1.54, 1.807) is 0 Å². The van der Waals surface area contributed by atoms with Gasteiger partial charge in [0.15, 0.2) is 0 Å². The number of nitrogens with zero attached hydrogens (tertiary/aromatic N) is 2. The van der Waals surface area contributed by atoms with E-state index < -0.39 is 0 Å². The highest BCUT2D eigenvalue weighted by Gasteiger charge is 2.01. The van der Waals surface area contributed by atoms with Crippen LogP contribution in [0.3, 0.4) is 0 Å². The molecule has 3 nitrogen and oxygen atoms in total. The van der Waals surface area contributed by atoms with Crippen LogP contribution in [0, 0.1) is 0 Å². The van der Waals surface area contributed by atoms with Gasteiger partial charge in [0.05, 0.1) is 0 Å². The summed E-state index contributed by atoms with van der Waals surface area (Å²) in [7, 11) is 0. The summed E-state index contributed by atoms with van der Waals surface area (Å²) < 4.78 is 0. The molecule has 0 aromatic heterocycles. The van der Waals surface area contributed by atoms with Crippen LogP contribution in [0.2, 0.25) is 0 Å². The molecule has 0 aromatic rings. The molecule has 0 bridgehead atoms. The number of carbonyl (C=O) groups excluding carboxylic acids is 1. The van der Waals surface area contributed by atoms with Gasteiger partial charge in [-0.3, -0.25) is 4.79 Å². The first-order valence-electron chi connectivity index (χ1n) is 9.51. The van der Waals surface area contributed by atoms with Gasteiger partial charge < -0.3 is 5.53 Å². The number of carbonyl (C=O) groups is 1. The van der Waals surface area contributed by atoms with Gasteiger partial charge in [0.1, 0.15) is 0 Å². The number of ketones is 1. The molecule has 0 N–H and O–H groups in total. The molecule has 3 heteroatoms. The number of unbranched alkanes of at least 4 members (excludes halogenated alkanes) is 14. The van der Waals surface area contributed by atoms with Gasteiger partial charge in [0, 0.05) is 6.42 Å². The molecule has 0 spiro atoms. The van der Waals surface area contributed by atoms with E-state index in [0.717, 1.165) is 19.1 Å². The molecule has 0 unspecified atom stereocenters. The molecule has 0 radical (unpaired) electrons. The van der Waals surface area contributed by atoms with Gasteiger partial charge in [-0.25, -0.2) is 0 Å². The van der Waals surface area contributed by atoms with Crippen molar-refractivity contribution in [2.24, 2.45) is 0 Å². The second-order valence-electron chi connectivity index (χ2n) is 6.41. The molecule has 0 heterocycles. The van der Waals surface area contributed by atoms with Crippen LogP contribution in [0.25, 0.3) is 5.53 Å². The molecular formula is C19H36N2O. The maximum absolute atomic E-state index is 11.1. The van der Waals surface area contributed by atoms with Crippen molar-refractivity contribution in [3.63, 3.8) is 0 Å². The molecule has 0 atom stereocenters. The topological polar surface area (TPSA) is 53.5 Å². The Bertz CT molecular complexity index is 296. The first kappa shape index (κ1) is 21.0. The third-order valence-electron chi connectivity index (χ3n) is 4.23. The highest BCUT2D eigenvalue weighted by molar-refractivity contribution is 6.25. The van der Waals surface area contributed by atoms with Crippen LogP contribution >= 0.6 is 0 Å². The maximum atomic E-state index is 11.1. The predicted molar refractivity (Wildman–Crippen MR) is 94.2 cm³/mol. The zero-order valence-electron chi connectivity index (χ0n) is 14.7. The van der Waals surface area contributed by atoms with Crippen molar-refractivity contribution in [2.75, 3.05) is 0 Å². The Kier molecular flexibility index (Phi) is 17.3. The molecule has 0 saturated heterocycles. The SMILES string of the molecule is CCCCCCCCCCCCCCCCCC(=O)C=[N+]=[N-]. The number of rotatable bonds is 17. The standard InChI is InChI=1S/C19H36N2O/c1-2-3-4-5-6-7-8-9-10-11-12-13-14-15-16-17-19(22)18-21-20/h18H,2-17H2,1H3. The Morgan fingerprint density at radius 1 is 0.727 bits per heavy atom. The highest BCUT2D eigenvalue weighted by Crippen LogP contribution is 2.13. The average molecular weight is 309 g/mol. The normalized spacial score (nSPS) is 10.4. The summed E-state index contributed by atoms with van der Waals surface area (Å²) in [6, 6.07) is 0. The van der Waals surface area contributed by atoms with Crippen molar-refractivity contribution in [3.8, 4) is 0 Å². The van der Waals surface area contributed by atoms with Crippen LogP contribution in [-0.2, 0) is 4.79 Å². The second kappa shape index (κ2) is 18.1. The van der Waals surface area contributed by atoms with Gasteiger partial charge in [0.2, 0.25) is 5.78 Å². The second-order valence-corrected chi connectivity index (χ2v) is 6.41. The molecule has 0 aliphatic heterocycles. The third-order valence-corrected chi connectivity index (χ3v) is 4.23. The quantitative estimate of drug-likeness (QED) is 0.138. The molecule has 0 saturated carbocycles. The minimum Gasteiger partial charge on any atom is -0.361 e. The van der Waals surface area contributed by atoms with Crippen LogP contribution in [0.4, 0.5) is 0 Å². The van der Waals surface area contributed by atoms with E-state index >= 15 is 0 Å². The van der Waals surface area contributed by atoms with E-state index in [1.165, 1.54) is 83.5 Å². The Labute approximate surface area is 137 Å². The zero-order chi connectivity index (χ0) is 16.3. The van der Waals surface area contributed by atoms with E-state index in [0.29, 0.717) is 6.42 Å². The van der Waals surface area contributed by atoms with E-state index in [4.69, 9.17) is 5.53 Å². The van der Waals surface area contributed by atoms with Crippen molar-refractivity contribution in [2.45, 2.75) is 110 Å². The highest BCUT2D eigenvalue weighted by atomic mass is 16.1. The van der Waals surface area contributed by atoms with Gasteiger partial charge in [-0.2, -0.15) is 4.79 Å². The smallest absolute Gasteiger partial charge is 0.323 e. The lowest BCUT2D eigenvalue weighted by atomic mass is 10.0. The van der Waals surface area contributed by atoms with E-state index in [1.807, 2.05) is 0 Å². The molecule has 22 heavy (non-hydrogen) atoms. The molecule has 0 aliphatic rings. The zero-order valence-corrected chi connectivity index (χ0v) is 14.7. The van der Waals surface area contributed by atoms with E-state index in [2.05, 4.69) is 11.7 Å². The Morgan fingerprint density at radius 3 is 1.45 bits per heavy atom. The molecule has 0 aromatic carbocycles. The van der Waals surface area contributed by atoms with E-state index in [9.17, 15) is 4.79 Å². The average Bonchev–Trinajstić information content (AvgIpc) is 2.51. The van der Waals surface area contributed by atoms with Crippen molar-refractivity contribution >= 4 is 12.0 Å². The lowest BCUT2D eigenvalue weighted by Gasteiger charge is -2.03. The number of hydrogen-bond acceptors (Lipinski definition) is 1. The summed E-state index contributed by atoms with van der Waals surface area (Å²) in [5, 5.41) is 0. The van der Waals surface area contributed by atoms with Crippen LogP contribution < -0.4 is 0 Å². The van der Waals surface area contributed by atoms with Gasteiger partial charge in [-0.15, -0.1) is 0 Å². The minimum absolute atomic E-state index is 0.0720. The summed E-state index contributed by atoms with van der Waals surface area (Å²) in [5.41, 5.74) is 8.21. The van der Waals surface area contributed by atoms with Crippen LogP contribution in [0.1, 0.15) is 110 Å². The molecule has 0 amide bonds. The molecule has 0 aliphatic carbocycles. The third kappa shape index (κ3) is 17.1. The summed E-state index contributed by atoms with van der Waals surface area (Å²) in [5.74, 6) is -0.0720. The van der Waals surface area contributed by atoms with Gasteiger partial charge in [-0.1, -0.05) is 96.8 Å². The molecule has 0 fully saturated rings. The Balaban J connectivity index is 3.05. The molecular weight excluding hydrogens is 272 g/mol. The van der Waals surface area contributed by atoms with Gasteiger partial charge in [-0.05, 0) is 6.42 Å². The summed E-state index contributed by atoms with van der Waals surface area (Å²) in [4.78, 5) is 13.8. The van der Waals surface area contributed by atoms with Crippen LogP contribution in [0.15, 0.2) is 0 Å². The monoisotopic (exact) mass is 308 g/mol. The van der Waals surface area contributed by atoms with Gasteiger partial charge in [0.25, 0.3) is 0 Å². The molecule has 0 rings (SSSR count). The first-order chi connectivity index (χ1) is 10.8. The predicted octanol–water partition coefficient (Wildman–Crippen LogP) is 6.12. The summed E-state index contributed by atoms with van der Waals surface area (Å²) in [6.45, 7) is 2.27. The lowest BCUT2D eigenvalue weighted by molar-refractivity contribution is -0.116. The Morgan fingerprint density at radius 2 is 1.09 bits per heavy atom. The summed E-state index contributed by atoms with van der Waals surface area (Å²) >= 11 is 0. The summed E-state index contributed by atoms with van der Waals surface area (Å²) in [6.07, 6.45) is 21.4. The van der Waals surface area contributed by atoms with Crippen LogP contribution in [-0.4, -0.2) is 16.8 Å². The maximum Gasteiger partial charge on any atom is 0.323 e. The van der Waals surface area contributed by atoms with Crippen LogP contribution in [0.5, 0.6) is 0 Å². The van der Waals surface area contributed by atoms with Crippen molar-refractivity contribution < 1.29 is 9.58 Å². The number of hydrogen-bond donors (Lipinski definition) is 0. The van der Waals surface area contributed by atoms with Gasteiger partial charge >= 0.3 is 6.21 Å². The molecule has 128 valence electrons. The number of Topliss-reactive ketones (excluding diaryl/α,β-unsaturated/α-hetero) is 1. The van der Waals surface area contributed by atoms with Crippen molar-refractivity contribution in [3.05, 3.63) is 5.53 Å². The lowest BCUT2D eigenvalue weighted by Crippen LogP contribution is -1.99. The Hall–Kier alpha value is -0.950. The fourth-order valence-corrected chi connectivity index (χ4v) is 2.80.